The van der Waals surface area contributed by atoms with Crippen LogP contribution in [0.25, 0.3) is 0 Å². The van der Waals surface area contributed by atoms with Crippen molar-refractivity contribution in [2.45, 2.75) is 184 Å². The molecular weight excluding hydrogens is 1350 g/mol. The summed E-state index contributed by atoms with van der Waals surface area (Å²) >= 11 is 0. The van der Waals surface area contributed by atoms with Gasteiger partial charge in [-0.05, 0) is 30.3 Å². The summed E-state index contributed by atoms with van der Waals surface area (Å²) in [7, 11) is 25.2. The molecule has 102 heavy (non-hydrogen) atoms. The molecule has 2 aromatic rings. The second-order valence-electron chi connectivity index (χ2n) is 24.8. The third-order valence-electron chi connectivity index (χ3n) is 19.2. The van der Waals surface area contributed by atoms with Crippen LogP contribution in [0.1, 0.15) is 16.7 Å². The molecule has 2 aromatic carbocycles. The lowest BCUT2D eigenvalue weighted by Gasteiger charge is -2.53. The number of benzene rings is 2. The number of hydrogen-bond donors (Lipinski definition) is 0. The minimum Gasteiger partial charge on any atom is -0.489 e. The SMILES string of the molecule is C#Cc1ccc(C#Cc2ccc([N+](=O)[O-])cc2OCC2OC3OC4C(COC)OC(OC5C(COC)OC(OC6C(COC)OC(OC7C(COC)OC(OC8C(COC)OC(OC2C(OC)C3OC)C(OC)C8OC)C(OC)C7OC)C(OC)C6OC)C(OC)C5OC)C(OC)C4OC)cc1. The van der Waals surface area contributed by atoms with E-state index >= 15 is 0 Å². The largest absolute Gasteiger partial charge is 0.489 e. The van der Waals surface area contributed by atoms with Crippen molar-refractivity contribution in [3.8, 4) is 29.9 Å². The number of rotatable bonds is 26. The van der Waals surface area contributed by atoms with Crippen LogP contribution in [0.4, 0.5) is 5.69 Å². The highest BCUT2D eigenvalue weighted by Crippen LogP contribution is 2.43. The molecule has 0 radical (unpaired) electrons. The van der Waals surface area contributed by atoms with Gasteiger partial charge in [-0.15, -0.1) is 6.42 Å². The molecule has 12 bridgehead atoms. The number of methoxy groups -OCH3 is 17. The van der Waals surface area contributed by atoms with E-state index < -0.39 is 196 Å². The minimum atomic E-state index is -1.41. The molecule has 22 heterocycles. The molecule has 22 aliphatic heterocycles. The summed E-state index contributed by atoms with van der Waals surface area (Å²) in [6.45, 7) is -0.806. The Labute approximate surface area is 594 Å². The number of ether oxygens (including phenoxy) is 30. The maximum absolute atomic E-state index is 12.5. The summed E-state index contributed by atoms with van der Waals surface area (Å²) in [5.74, 6) is 8.81. The van der Waals surface area contributed by atoms with Gasteiger partial charge in [-0.3, -0.25) is 10.1 Å². The average Bonchev–Trinajstić information content (AvgIpc) is 0.763. The summed E-state index contributed by atoms with van der Waals surface area (Å²) in [5.41, 5.74) is 1.26. The molecule has 0 spiro atoms. The van der Waals surface area contributed by atoms with Gasteiger partial charge in [-0.1, -0.05) is 17.8 Å². The van der Waals surface area contributed by atoms with Gasteiger partial charge in [0, 0.05) is 138 Å². The second-order valence-corrected chi connectivity index (χ2v) is 24.8. The fourth-order valence-corrected chi connectivity index (χ4v) is 14.4. The van der Waals surface area contributed by atoms with Crippen molar-refractivity contribution < 1.29 is 147 Å². The number of nitrogens with zero attached hydrogens (tertiary/aromatic N) is 1. The van der Waals surface area contributed by atoms with Gasteiger partial charge in [-0.2, -0.15) is 0 Å². The minimum absolute atomic E-state index is 0.0165. The lowest BCUT2D eigenvalue weighted by molar-refractivity contribution is -0.409. The topological polar surface area (TPSA) is 320 Å². The summed E-state index contributed by atoms with van der Waals surface area (Å²) < 4.78 is 196. The lowest BCUT2D eigenvalue weighted by Crippen LogP contribution is -2.70. The normalized spacial score (nSPS) is 39.6. The van der Waals surface area contributed by atoms with Crippen molar-refractivity contribution in [3.05, 3.63) is 69.3 Å². The monoisotopic (exact) mass is 1460 g/mol. The van der Waals surface area contributed by atoms with Crippen LogP contribution in [-0.2, 0) is 137 Å². The molecule has 30 unspecified atom stereocenters. The predicted octanol–water partition coefficient (Wildman–Crippen LogP) is 1.44. The highest BCUT2D eigenvalue weighted by molar-refractivity contribution is 5.54. The Morgan fingerprint density at radius 2 is 0.578 bits per heavy atom. The van der Waals surface area contributed by atoms with E-state index in [1.807, 2.05) is 0 Å². The van der Waals surface area contributed by atoms with Crippen LogP contribution in [0.5, 0.6) is 5.75 Å². The van der Waals surface area contributed by atoms with Gasteiger partial charge in [-0.25, -0.2) is 0 Å². The van der Waals surface area contributed by atoms with Crippen molar-refractivity contribution in [1.82, 2.24) is 0 Å². The molecule has 33 heteroatoms. The Morgan fingerprint density at radius 3 is 0.804 bits per heavy atom. The first kappa shape index (κ1) is 81.7. The van der Waals surface area contributed by atoms with E-state index in [2.05, 4.69) is 17.8 Å². The smallest absolute Gasteiger partial charge is 0.273 e. The average molecular weight is 1460 g/mol. The van der Waals surface area contributed by atoms with E-state index in [1.54, 1.807) is 24.3 Å². The van der Waals surface area contributed by atoms with Crippen molar-refractivity contribution >= 4 is 5.69 Å². The Hall–Kier alpha value is -4.40. The number of hydrogen-bond acceptors (Lipinski definition) is 32. The van der Waals surface area contributed by atoms with Gasteiger partial charge in [0.1, 0.15) is 159 Å². The number of nitro benzene ring substituents is 1. The van der Waals surface area contributed by atoms with Crippen LogP contribution in [0.15, 0.2) is 42.5 Å². The third-order valence-corrected chi connectivity index (χ3v) is 19.2. The van der Waals surface area contributed by atoms with Crippen LogP contribution < -0.4 is 4.74 Å². The zero-order chi connectivity index (χ0) is 73.3. The maximum atomic E-state index is 12.5. The zero-order valence-electron chi connectivity index (χ0n) is 60.7. The molecule has 24 rings (SSSR count). The summed E-state index contributed by atoms with van der Waals surface area (Å²) in [4.78, 5) is 11.9. The zero-order valence-corrected chi connectivity index (χ0v) is 60.7. The van der Waals surface area contributed by atoms with Crippen molar-refractivity contribution in [1.29, 1.82) is 0 Å². The fourth-order valence-electron chi connectivity index (χ4n) is 14.4. The molecule has 0 aliphatic carbocycles. The Morgan fingerprint density at radius 1 is 0.333 bits per heavy atom. The van der Waals surface area contributed by atoms with Crippen LogP contribution in [-0.4, -0.2) is 350 Å². The first-order chi connectivity index (χ1) is 49.6. The highest BCUT2D eigenvalue weighted by Gasteiger charge is 2.61. The summed E-state index contributed by atoms with van der Waals surface area (Å²) in [5, 5.41) is 12.5. The Balaban J connectivity index is 1.17. The second kappa shape index (κ2) is 39.4. The molecule has 33 nitrogen and oxygen atoms in total. The van der Waals surface area contributed by atoms with E-state index in [4.69, 9.17) is 149 Å². The Kier molecular flexibility index (Phi) is 31.6. The van der Waals surface area contributed by atoms with Gasteiger partial charge in [0.2, 0.25) is 0 Å². The first-order valence-electron chi connectivity index (χ1n) is 33.2. The van der Waals surface area contributed by atoms with E-state index in [-0.39, 0.29) is 50.0 Å². The summed E-state index contributed by atoms with van der Waals surface area (Å²) in [6.07, 6.45) is -27.6. The number of non-ortho nitro benzene ring substituents is 1. The maximum Gasteiger partial charge on any atom is 0.273 e. The van der Waals surface area contributed by atoms with Crippen LogP contribution in [0.2, 0.25) is 0 Å². The van der Waals surface area contributed by atoms with Gasteiger partial charge in [0.15, 0.2) is 37.7 Å². The fraction of sp³-hybridized carbons (Fsp3) is 0.768. The standard InChI is InChI=1S/C69H101NO32/c1-19-35-20-22-36(23-21-35)24-25-37-26-27-38(70(71)72)28-39(37)90-34-45-51-57(83-12)63(89-18)69(96-45)101-50-44(33-77-6)94-67(61(87-16)56(50)82-11)99-48-42(31-75-4)92-65(59(85-14)54(48)80-9)97-46-40(29-73-2)91-64(58(84-13)52(46)78-7)98-47-41(30-74-3)93-66(60(86-15)53(47)79-8)100-49-43(32-76-5)95-68(102-51)62(88-17)55(49)81-10/h1,20-23,26-28,40-69H,29-34H2,2-18H3. The highest BCUT2D eigenvalue weighted by atomic mass is 16.8. The third kappa shape index (κ3) is 18.1. The van der Waals surface area contributed by atoms with E-state index in [0.29, 0.717) is 11.1 Å². The van der Waals surface area contributed by atoms with Gasteiger partial charge < -0.3 is 142 Å². The molecule has 574 valence electrons. The van der Waals surface area contributed by atoms with Crippen LogP contribution in [0, 0.1) is 34.3 Å². The van der Waals surface area contributed by atoms with Gasteiger partial charge in [0.25, 0.3) is 5.69 Å². The number of terminal acetylenes is 1. The molecule has 22 aliphatic rings. The first-order valence-corrected chi connectivity index (χ1v) is 33.2. The van der Waals surface area contributed by atoms with E-state index in [9.17, 15) is 10.1 Å². The Bertz CT molecular complexity index is 2950. The molecule has 0 N–H and O–H groups in total. The molecule has 30 atom stereocenters. The molecule has 22 saturated heterocycles. The molecular formula is C69H101NO32. The van der Waals surface area contributed by atoms with Crippen molar-refractivity contribution in [2.24, 2.45) is 0 Å². The lowest BCUT2D eigenvalue weighted by atomic mass is 9.94. The van der Waals surface area contributed by atoms with E-state index in [1.165, 1.54) is 139 Å². The molecule has 0 aromatic heterocycles. The van der Waals surface area contributed by atoms with Crippen LogP contribution >= 0.6 is 0 Å². The van der Waals surface area contributed by atoms with E-state index in [0.717, 1.165) is 0 Å². The molecule has 0 saturated carbocycles. The van der Waals surface area contributed by atoms with Gasteiger partial charge >= 0.3 is 0 Å². The number of nitro groups is 1. The van der Waals surface area contributed by atoms with Crippen LogP contribution in [0.3, 0.4) is 0 Å². The molecule has 0 amide bonds. The quantitative estimate of drug-likeness (QED) is 0.0731. The van der Waals surface area contributed by atoms with Gasteiger partial charge in [0.05, 0.1) is 49.6 Å². The summed E-state index contributed by atoms with van der Waals surface area (Å²) in [6, 6.07) is 11.1. The van der Waals surface area contributed by atoms with Crippen molar-refractivity contribution in [2.75, 3.05) is 161 Å². The predicted molar refractivity (Wildman–Crippen MR) is 349 cm³/mol. The van der Waals surface area contributed by atoms with Crippen molar-refractivity contribution in [3.63, 3.8) is 0 Å². The molecule has 22 fully saturated rings.